The van der Waals surface area contributed by atoms with E-state index in [4.69, 9.17) is 0 Å². The lowest BCUT2D eigenvalue weighted by Crippen LogP contribution is -2.15. The van der Waals surface area contributed by atoms with Crippen molar-refractivity contribution in [2.45, 2.75) is 19.3 Å². The van der Waals surface area contributed by atoms with Crippen molar-refractivity contribution in [3.05, 3.63) is 181 Å². The van der Waals surface area contributed by atoms with Crippen LogP contribution < -0.4 is 0 Å². The predicted molar refractivity (Wildman–Crippen MR) is 220 cm³/mol. The van der Waals surface area contributed by atoms with Gasteiger partial charge in [-0.05, 0) is 133 Å². The highest BCUT2D eigenvalue weighted by molar-refractivity contribution is 6.21. The second kappa shape index (κ2) is 10.4. The Morgan fingerprint density at radius 1 is 0.294 bits per heavy atom. The predicted octanol–water partition coefficient (Wildman–Crippen LogP) is 14.2. The van der Waals surface area contributed by atoms with Gasteiger partial charge in [0.2, 0.25) is 0 Å². The summed E-state index contributed by atoms with van der Waals surface area (Å²) in [5, 5.41) is 15.5. The minimum Gasteiger partial charge on any atom is -0.0616 e. The smallest absolute Gasteiger partial charge is 0.0159 e. The Morgan fingerprint density at radius 2 is 0.686 bits per heavy atom. The van der Waals surface area contributed by atoms with Crippen LogP contribution in [0.25, 0.3) is 98.0 Å². The van der Waals surface area contributed by atoms with Crippen molar-refractivity contribution in [2.75, 3.05) is 0 Å². The van der Waals surface area contributed by atoms with E-state index in [2.05, 4.69) is 184 Å². The highest BCUT2D eigenvalue weighted by Gasteiger charge is 2.36. The number of rotatable bonds is 2. The summed E-state index contributed by atoms with van der Waals surface area (Å²) in [6, 6.07) is 63.7. The van der Waals surface area contributed by atoms with Crippen molar-refractivity contribution in [1.82, 2.24) is 0 Å². The molecule has 0 N–H and O–H groups in total. The summed E-state index contributed by atoms with van der Waals surface area (Å²) in [5.41, 5.74) is 10.5. The van der Waals surface area contributed by atoms with Gasteiger partial charge in [-0.2, -0.15) is 0 Å². The van der Waals surface area contributed by atoms with Crippen LogP contribution in [0.3, 0.4) is 0 Å². The highest BCUT2D eigenvalue weighted by Crippen LogP contribution is 2.52. The lowest BCUT2D eigenvalue weighted by Gasteiger charge is -2.23. The molecular formula is C51H34. The van der Waals surface area contributed by atoms with Gasteiger partial charge < -0.3 is 0 Å². The summed E-state index contributed by atoms with van der Waals surface area (Å²) in [5.74, 6) is 0. The fourth-order valence-electron chi connectivity index (χ4n) is 9.31. The zero-order valence-electron chi connectivity index (χ0n) is 28.7. The molecule has 0 radical (unpaired) electrons. The topological polar surface area (TPSA) is 0 Å². The summed E-state index contributed by atoms with van der Waals surface area (Å²) in [4.78, 5) is 0. The summed E-state index contributed by atoms with van der Waals surface area (Å²) in [7, 11) is 0. The molecule has 0 amide bonds. The van der Waals surface area contributed by atoms with Crippen molar-refractivity contribution >= 4 is 64.6 Å². The molecule has 10 aromatic rings. The van der Waals surface area contributed by atoms with Gasteiger partial charge in [-0.15, -0.1) is 0 Å². The van der Waals surface area contributed by atoms with Crippen LogP contribution in [0.2, 0.25) is 0 Å². The maximum Gasteiger partial charge on any atom is 0.0159 e. The van der Waals surface area contributed by atoms with Crippen LogP contribution in [0.4, 0.5) is 0 Å². The molecule has 0 unspecified atom stereocenters. The summed E-state index contributed by atoms with van der Waals surface area (Å²) < 4.78 is 0. The van der Waals surface area contributed by atoms with E-state index in [1.165, 1.54) is 109 Å². The normalized spacial score (nSPS) is 13.5. The zero-order chi connectivity index (χ0) is 33.8. The first kappa shape index (κ1) is 28.6. The fourth-order valence-corrected chi connectivity index (χ4v) is 9.31. The average Bonchev–Trinajstić information content (AvgIpc) is 3.40. The Labute approximate surface area is 297 Å². The van der Waals surface area contributed by atoms with Gasteiger partial charge in [0.15, 0.2) is 0 Å². The monoisotopic (exact) mass is 646 g/mol. The molecule has 0 atom stereocenters. The molecule has 51 heavy (non-hydrogen) atoms. The first-order valence-electron chi connectivity index (χ1n) is 18.0. The lowest BCUT2D eigenvalue weighted by molar-refractivity contribution is 0.661. The van der Waals surface area contributed by atoms with E-state index >= 15 is 0 Å². The van der Waals surface area contributed by atoms with E-state index in [0.29, 0.717) is 0 Å². The van der Waals surface area contributed by atoms with Crippen LogP contribution in [0, 0.1) is 0 Å². The van der Waals surface area contributed by atoms with Crippen LogP contribution in [-0.2, 0) is 5.41 Å². The van der Waals surface area contributed by atoms with Gasteiger partial charge in [0.25, 0.3) is 0 Å². The van der Waals surface area contributed by atoms with Gasteiger partial charge >= 0.3 is 0 Å². The minimum atomic E-state index is -0.170. The molecule has 0 heteroatoms. The third kappa shape index (κ3) is 4.02. The minimum absolute atomic E-state index is 0.170. The number of fused-ring (bicyclic) bond motifs is 11. The SMILES string of the molecule is CC1(C)c2cc(-c3c4ccccc4cc4c3ccc3ccccc34)ccc2-c2ccc(-c3c4ccccc4cc4c3ccc3ccccc34)cc21. The average molecular weight is 647 g/mol. The summed E-state index contributed by atoms with van der Waals surface area (Å²) >= 11 is 0. The van der Waals surface area contributed by atoms with Crippen molar-refractivity contribution < 1.29 is 0 Å². The van der Waals surface area contributed by atoms with Crippen molar-refractivity contribution in [1.29, 1.82) is 0 Å². The molecule has 0 saturated heterocycles. The quantitative estimate of drug-likeness (QED) is 0.129. The van der Waals surface area contributed by atoms with E-state index in [1.54, 1.807) is 0 Å². The first-order chi connectivity index (χ1) is 25.0. The molecule has 0 heterocycles. The molecule has 0 bridgehead atoms. The lowest BCUT2D eigenvalue weighted by atomic mass is 9.80. The second-order valence-electron chi connectivity index (χ2n) is 14.9. The summed E-state index contributed by atoms with van der Waals surface area (Å²) in [6.07, 6.45) is 0. The standard InChI is InChI=1S/C51H34/c1-51(2)47-29-35(49-39-17-9-5-13-33(39)27-45-37-15-7-3-11-31(37)19-25-43(45)49)21-23-41(47)42-24-22-36(30-48(42)51)50-40-18-10-6-14-34(40)28-46-38-16-8-4-12-32(38)20-26-44(46)50/h3-30H,1-2H3. The molecule has 0 saturated carbocycles. The van der Waals surface area contributed by atoms with Crippen LogP contribution in [0.1, 0.15) is 25.0 Å². The van der Waals surface area contributed by atoms with Crippen LogP contribution in [0.5, 0.6) is 0 Å². The largest absolute Gasteiger partial charge is 0.0616 e. The van der Waals surface area contributed by atoms with Crippen LogP contribution in [-0.4, -0.2) is 0 Å². The molecule has 1 aliphatic rings. The van der Waals surface area contributed by atoms with E-state index in [9.17, 15) is 0 Å². The van der Waals surface area contributed by atoms with Crippen LogP contribution in [0.15, 0.2) is 170 Å². The molecule has 0 aromatic heterocycles. The molecule has 0 spiro atoms. The molecular weight excluding hydrogens is 613 g/mol. The third-order valence-electron chi connectivity index (χ3n) is 11.8. The molecule has 0 aliphatic heterocycles. The highest BCUT2D eigenvalue weighted by atomic mass is 14.4. The Morgan fingerprint density at radius 3 is 1.14 bits per heavy atom. The van der Waals surface area contributed by atoms with E-state index in [-0.39, 0.29) is 5.41 Å². The van der Waals surface area contributed by atoms with Crippen molar-refractivity contribution in [2.24, 2.45) is 0 Å². The van der Waals surface area contributed by atoms with Crippen molar-refractivity contribution in [3.8, 4) is 33.4 Å². The first-order valence-corrected chi connectivity index (χ1v) is 18.0. The number of hydrogen-bond donors (Lipinski definition) is 0. The third-order valence-corrected chi connectivity index (χ3v) is 11.8. The molecule has 10 aromatic carbocycles. The van der Waals surface area contributed by atoms with Gasteiger partial charge in [0.05, 0.1) is 0 Å². The Balaban J connectivity index is 1.12. The Kier molecular flexibility index (Phi) is 5.82. The maximum atomic E-state index is 2.49. The van der Waals surface area contributed by atoms with E-state index in [1.807, 2.05) is 0 Å². The van der Waals surface area contributed by atoms with Crippen molar-refractivity contribution in [3.63, 3.8) is 0 Å². The second-order valence-corrected chi connectivity index (χ2v) is 14.9. The van der Waals surface area contributed by atoms with Gasteiger partial charge in [0.1, 0.15) is 0 Å². The van der Waals surface area contributed by atoms with Gasteiger partial charge in [-0.25, -0.2) is 0 Å². The molecule has 1 aliphatic carbocycles. The van der Waals surface area contributed by atoms with Gasteiger partial charge in [0, 0.05) is 5.41 Å². The molecule has 0 fully saturated rings. The molecule has 0 nitrogen and oxygen atoms in total. The van der Waals surface area contributed by atoms with Crippen LogP contribution >= 0.6 is 0 Å². The summed E-state index contributed by atoms with van der Waals surface area (Å²) in [6.45, 7) is 4.82. The molecule has 238 valence electrons. The van der Waals surface area contributed by atoms with Gasteiger partial charge in [-0.1, -0.05) is 159 Å². The van der Waals surface area contributed by atoms with E-state index in [0.717, 1.165) is 0 Å². The molecule has 11 rings (SSSR count). The number of benzene rings is 10. The van der Waals surface area contributed by atoms with Gasteiger partial charge in [-0.3, -0.25) is 0 Å². The number of hydrogen-bond acceptors (Lipinski definition) is 0. The zero-order valence-corrected chi connectivity index (χ0v) is 28.7. The fraction of sp³-hybridized carbons (Fsp3) is 0.0588. The Hall–Kier alpha value is -6.24. The van der Waals surface area contributed by atoms with E-state index < -0.39 is 0 Å². The maximum absolute atomic E-state index is 2.49. The Bertz CT molecular complexity index is 2890.